The van der Waals surface area contributed by atoms with Crippen LogP contribution in [0.3, 0.4) is 0 Å². The molecule has 1 aliphatic rings. The molecule has 2 nitrogen and oxygen atoms in total. The van der Waals surface area contributed by atoms with E-state index in [-0.39, 0.29) is 0 Å². The monoisotopic (exact) mass is 318 g/mol. The topological polar surface area (TPSA) is 24.1 Å². The Morgan fingerprint density at radius 2 is 1.04 bits per heavy atom. The summed E-state index contributed by atoms with van der Waals surface area (Å²) < 4.78 is 0. The Bertz CT molecular complexity index is 638. The predicted molar refractivity (Wildman–Crippen MR) is 104 cm³/mol. The highest BCUT2D eigenvalue weighted by Crippen LogP contribution is 2.32. The number of allylic oxidation sites excluding steroid dienone is 2. The van der Waals surface area contributed by atoms with Gasteiger partial charge in [-0.15, -0.1) is 0 Å². The zero-order chi connectivity index (χ0) is 16.8. The molecule has 0 aromatic heterocycles. The smallest absolute Gasteiger partial charge is 0.0512 e. The number of nitrogens with one attached hydrogen (secondary N) is 2. The maximum Gasteiger partial charge on any atom is 0.0512 e. The van der Waals surface area contributed by atoms with Gasteiger partial charge in [0.25, 0.3) is 0 Å². The zero-order valence-electron chi connectivity index (χ0n) is 14.5. The molecule has 2 N–H and O–H groups in total. The second kappa shape index (κ2) is 7.87. The summed E-state index contributed by atoms with van der Waals surface area (Å²) in [6.45, 7) is 4.30. The summed E-state index contributed by atoms with van der Waals surface area (Å²) in [4.78, 5) is 0. The molecule has 0 aliphatic heterocycles. The van der Waals surface area contributed by atoms with Crippen LogP contribution in [-0.4, -0.2) is 12.1 Å². The molecule has 0 saturated heterocycles. The van der Waals surface area contributed by atoms with E-state index in [1.165, 1.54) is 22.5 Å². The van der Waals surface area contributed by atoms with E-state index in [0.717, 1.165) is 12.8 Å². The van der Waals surface area contributed by atoms with Gasteiger partial charge in [-0.25, -0.2) is 0 Å². The van der Waals surface area contributed by atoms with Gasteiger partial charge in [-0.05, 0) is 62.1 Å². The fraction of sp³-hybridized carbons (Fsp3) is 0.273. The molecule has 2 atom stereocenters. The van der Waals surface area contributed by atoms with Crippen molar-refractivity contribution in [2.45, 2.75) is 38.8 Å². The Balaban J connectivity index is 1.75. The minimum absolute atomic E-state index is 0.373. The van der Waals surface area contributed by atoms with E-state index in [1.54, 1.807) is 0 Å². The average Bonchev–Trinajstić information content (AvgIpc) is 2.64. The number of anilines is 2. The molecular weight excluding hydrogens is 292 g/mol. The zero-order valence-corrected chi connectivity index (χ0v) is 14.5. The predicted octanol–water partition coefficient (Wildman–Crippen LogP) is 5.63. The Kier molecular flexibility index (Phi) is 5.37. The second-order valence-corrected chi connectivity index (χ2v) is 6.26. The fourth-order valence-electron chi connectivity index (χ4n) is 3.41. The van der Waals surface area contributed by atoms with Gasteiger partial charge in [0, 0.05) is 11.4 Å². The van der Waals surface area contributed by atoms with E-state index in [1.807, 2.05) is 0 Å². The van der Waals surface area contributed by atoms with Crippen molar-refractivity contribution in [1.29, 1.82) is 0 Å². The number of hydrogen-bond acceptors (Lipinski definition) is 2. The second-order valence-electron chi connectivity index (χ2n) is 6.26. The molecule has 24 heavy (non-hydrogen) atoms. The summed E-state index contributed by atoms with van der Waals surface area (Å²) in [7, 11) is 0. The molecule has 0 amide bonds. The van der Waals surface area contributed by atoms with Gasteiger partial charge >= 0.3 is 0 Å². The van der Waals surface area contributed by atoms with E-state index in [0.29, 0.717) is 12.1 Å². The molecule has 0 radical (unpaired) electrons. The normalized spacial score (nSPS) is 24.1. The lowest BCUT2D eigenvalue weighted by molar-refractivity contribution is 0.621. The lowest BCUT2D eigenvalue weighted by Gasteiger charge is -2.36. The summed E-state index contributed by atoms with van der Waals surface area (Å²) in [6, 6.07) is 21.7. The van der Waals surface area contributed by atoms with Crippen LogP contribution in [0.15, 0.2) is 84.0 Å². The molecule has 2 aromatic rings. The van der Waals surface area contributed by atoms with Crippen molar-refractivity contribution in [3.8, 4) is 0 Å². The van der Waals surface area contributed by atoms with E-state index >= 15 is 0 Å². The molecule has 3 rings (SSSR count). The Morgan fingerprint density at radius 3 is 1.38 bits per heavy atom. The largest absolute Gasteiger partial charge is 0.378 e. The summed E-state index contributed by atoms with van der Waals surface area (Å²) in [5, 5.41) is 7.39. The highest BCUT2D eigenvalue weighted by Gasteiger charge is 2.28. The molecule has 124 valence electrons. The van der Waals surface area contributed by atoms with Crippen LogP contribution in [0.4, 0.5) is 11.4 Å². The highest BCUT2D eigenvalue weighted by molar-refractivity contribution is 5.50. The van der Waals surface area contributed by atoms with Crippen molar-refractivity contribution in [2.75, 3.05) is 10.6 Å². The van der Waals surface area contributed by atoms with E-state index in [4.69, 9.17) is 0 Å². The van der Waals surface area contributed by atoms with Crippen LogP contribution in [0.25, 0.3) is 0 Å². The molecular formula is C22H26N2. The van der Waals surface area contributed by atoms with E-state index < -0.39 is 0 Å². The number of rotatable bonds is 4. The molecule has 2 aromatic carbocycles. The molecule has 0 bridgehead atoms. The molecule has 2 heteroatoms. The van der Waals surface area contributed by atoms with Gasteiger partial charge in [0.15, 0.2) is 0 Å². The van der Waals surface area contributed by atoms with E-state index in [2.05, 4.69) is 97.3 Å². The van der Waals surface area contributed by atoms with Gasteiger partial charge < -0.3 is 10.6 Å². The summed E-state index contributed by atoms with van der Waals surface area (Å²) >= 11 is 0. The Labute approximate surface area is 145 Å². The summed E-state index contributed by atoms with van der Waals surface area (Å²) in [5.74, 6) is 0. The molecule has 1 saturated carbocycles. The molecule has 0 unspecified atom stereocenters. The highest BCUT2D eigenvalue weighted by atomic mass is 15.0. The van der Waals surface area contributed by atoms with Gasteiger partial charge in [-0.2, -0.15) is 0 Å². The van der Waals surface area contributed by atoms with Crippen molar-refractivity contribution in [3.05, 3.63) is 84.0 Å². The van der Waals surface area contributed by atoms with Crippen LogP contribution in [0, 0.1) is 0 Å². The van der Waals surface area contributed by atoms with Crippen LogP contribution < -0.4 is 10.6 Å². The number of para-hydroxylation sites is 2. The van der Waals surface area contributed by atoms with Crippen LogP contribution in [-0.2, 0) is 0 Å². The third-order valence-electron chi connectivity index (χ3n) is 4.75. The molecule has 0 heterocycles. The van der Waals surface area contributed by atoms with Crippen molar-refractivity contribution in [3.63, 3.8) is 0 Å². The quantitative estimate of drug-likeness (QED) is 0.713. The summed E-state index contributed by atoms with van der Waals surface area (Å²) in [5.41, 5.74) is 5.31. The molecule has 0 spiro atoms. The van der Waals surface area contributed by atoms with E-state index in [9.17, 15) is 0 Å². The van der Waals surface area contributed by atoms with Gasteiger partial charge in [0.05, 0.1) is 12.1 Å². The Morgan fingerprint density at radius 1 is 0.667 bits per heavy atom. The first kappa shape index (κ1) is 16.4. The third-order valence-corrected chi connectivity index (χ3v) is 4.75. The lowest BCUT2D eigenvalue weighted by atomic mass is 9.82. The SMILES string of the molecule is C/C=C1\C[C@@H](Nc2ccccc2)/C(=C/C)C[C@@H]1Nc1ccccc1. The number of hydrogen-bond donors (Lipinski definition) is 2. The van der Waals surface area contributed by atoms with Gasteiger partial charge in [0.2, 0.25) is 0 Å². The van der Waals surface area contributed by atoms with Crippen LogP contribution >= 0.6 is 0 Å². The summed E-state index contributed by atoms with van der Waals surface area (Å²) in [6.07, 6.45) is 6.62. The van der Waals surface area contributed by atoms with Crippen molar-refractivity contribution in [2.24, 2.45) is 0 Å². The van der Waals surface area contributed by atoms with Gasteiger partial charge in [-0.3, -0.25) is 0 Å². The minimum Gasteiger partial charge on any atom is -0.378 e. The number of benzene rings is 2. The van der Waals surface area contributed by atoms with Crippen molar-refractivity contribution in [1.82, 2.24) is 0 Å². The van der Waals surface area contributed by atoms with Crippen LogP contribution in [0.5, 0.6) is 0 Å². The van der Waals surface area contributed by atoms with Crippen LogP contribution in [0.1, 0.15) is 26.7 Å². The first-order valence-corrected chi connectivity index (χ1v) is 8.73. The van der Waals surface area contributed by atoms with Gasteiger partial charge in [0.1, 0.15) is 0 Å². The standard InChI is InChI=1S/C22H26N2/c1-3-17-15-22(24-20-13-9-6-10-14-20)18(4-2)16-21(17)23-19-11-7-5-8-12-19/h3-14,21-24H,15-16H2,1-2H3/b17-3+,18-4+/t21-,22+. The first-order chi connectivity index (χ1) is 11.8. The third kappa shape index (κ3) is 3.88. The minimum atomic E-state index is 0.373. The maximum atomic E-state index is 3.69. The molecule has 1 aliphatic carbocycles. The Hall–Kier alpha value is -2.48. The van der Waals surface area contributed by atoms with Gasteiger partial charge in [-0.1, -0.05) is 48.6 Å². The van der Waals surface area contributed by atoms with Crippen LogP contribution in [0.2, 0.25) is 0 Å². The maximum absolute atomic E-state index is 3.69. The van der Waals surface area contributed by atoms with Crippen molar-refractivity contribution >= 4 is 11.4 Å². The molecule has 1 fully saturated rings. The fourth-order valence-corrected chi connectivity index (χ4v) is 3.41. The first-order valence-electron chi connectivity index (χ1n) is 8.73. The average molecular weight is 318 g/mol. The lowest BCUT2D eigenvalue weighted by Crippen LogP contribution is -2.36. The van der Waals surface area contributed by atoms with Crippen molar-refractivity contribution < 1.29 is 0 Å².